The first kappa shape index (κ1) is 13.0. The number of aromatic nitrogens is 1. The molecule has 2 heterocycles. The van der Waals surface area contributed by atoms with Gasteiger partial charge in [0.15, 0.2) is 0 Å². The quantitative estimate of drug-likeness (QED) is 0.731. The number of anilines is 1. The number of hydrogen-bond acceptors (Lipinski definition) is 3. The monoisotopic (exact) mass is 221 g/mol. The Labute approximate surface area is 98.7 Å². The molecule has 1 aliphatic heterocycles. The van der Waals surface area contributed by atoms with Crippen molar-refractivity contribution in [2.24, 2.45) is 0 Å². The molecule has 2 N–H and O–H groups in total. The van der Waals surface area contributed by atoms with Gasteiger partial charge >= 0.3 is 0 Å². The number of nitrogens with zero attached hydrogens (tertiary/aromatic N) is 2. The predicted octanol–water partition coefficient (Wildman–Crippen LogP) is 2.38. The predicted molar refractivity (Wildman–Crippen MR) is 69.5 cm³/mol. The second-order valence-corrected chi connectivity index (χ2v) is 4.50. The average Bonchev–Trinajstić information content (AvgIpc) is 2.28. The number of piperidine rings is 1. The second kappa shape index (κ2) is 6.48. The molecule has 0 atom stereocenters. The lowest BCUT2D eigenvalue weighted by molar-refractivity contribution is 0.277. The van der Waals surface area contributed by atoms with Gasteiger partial charge in [0.25, 0.3) is 0 Å². The Balaban J connectivity index is 0.000000165. The third-order valence-corrected chi connectivity index (χ3v) is 3.09. The van der Waals surface area contributed by atoms with E-state index >= 15 is 0 Å². The number of nitrogen functional groups attached to an aromatic ring is 1. The van der Waals surface area contributed by atoms with Crippen molar-refractivity contribution in [1.82, 2.24) is 9.88 Å². The molecule has 3 heteroatoms. The van der Waals surface area contributed by atoms with Crippen LogP contribution in [0, 0.1) is 13.8 Å². The maximum Gasteiger partial charge on any atom is 0.126 e. The van der Waals surface area contributed by atoms with Gasteiger partial charge in [0, 0.05) is 6.20 Å². The van der Waals surface area contributed by atoms with Crippen molar-refractivity contribution >= 4 is 5.82 Å². The highest BCUT2D eigenvalue weighted by Crippen LogP contribution is 2.09. The van der Waals surface area contributed by atoms with Gasteiger partial charge in [0.05, 0.1) is 0 Å². The lowest BCUT2D eigenvalue weighted by Gasteiger charge is -2.20. The smallest absolute Gasteiger partial charge is 0.126 e. The molecule has 16 heavy (non-hydrogen) atoms. The van der Waals surface area contributed by atoms with Crippen LogP contribution in [0.1, 0.15) is 30.4 Å². The lowest BCUT2D eigenvalue weighted by atomic mass is 10.1. The zero-order valence-corrected chi connectivity index (χ0v) is 10.7. The van der Waals surface area contributed by atoms with Gasteiger partial charge < -0.3 is 10.6 Å². The van der Waals surface area contributed by atoms with Crippen molar-refractivity contribution in [3.8, 4) is 0 Å². The summed E-state index contributed by atoms with van der Waals surface area (Å²) in [4.78, 5) is 6.31. The number of pyridine rings is 1. The normalized spacial score (nSPS) is 16.4. The molecule has 1 aromatic rings. The van der Waals surface area contributed by atoms with Gasteiger partial charge in [-0.3, -0.25) is 0 Å². The minimum atomic E-state index is 0.634. The Bertz CT molecular complexity index is 297. The van der Waals surface area contributed by atoms with E-state index < -0.39 is 0 Å². The van der Waals surface area contributed by atoms with Crippen LogP contribution < -0.4 is 5.73 Å². The van der Waals surface area contributed by atoms with E-state index in [1.165, 1.54) is 37.9 Å². The first-order valence-corrected chi connectivity index (χ1v) is 5.97. The van der Waals surface area contributed by atoms with Gasteiger partial charge in [-0.15, -0.1) is 0 Å². The maximum atomic E-state index is 5.51. The molecule has 1 fully saturated rings. The van der Waals surface area contributed by atoms with Crippen molar-refractivity contribution in [2.45, 2.75) is 33.1 Å². The van der Waals surface area contributed by atoms with E-state index in [1.54, 1.807) is 6.20 Å². The van der Waals surface area contributed by atoms with Gasteiger partial charge in [-0.05, 0) is 64.0 Å². The molecule has 3 nitrogen and oxygen atoms in total. The number of hydrogen-bond donors (Lipinski definition) is 1. The van der Waals surface area contributed by atoms with Gasteiger partial charge in [-0.1, -0.05) is 6.42 Å². The Morgan fingerprint density at radius 1 is 1.19 bits per heavy atom. The number of aryl methyl sites for hydroxylation is 1. The Hall–Kier alpha value is -1.09. The summed E-state index contributed by atoms with van der Waals surface area (Å²) in [5.41, 5.74) is 7.79. The summed E-state index contributed by atoms with van der Waals surface area (Å²) in [6, 6.07) is 1.95. The van der Waals surface area contributed by atoms with Crippen LogP contribution in [0.3, 0.4) is 0 Å². The SMILES string of the molecule is CN1CCCCC1.Cc1ccnc(N)c1C. The fourth-order valence-corrected chi connectivity index (χ4v) is 1.71. The van der Waals surface area contributed by atoms with Crippen molar-refractivity contribution in [3.05, 3.63) is 23.4 Å². The summed E-state index contributed by atoms with van der Waals surface area (Å²) in [6.07, 6.45) is 6.00. The molecule has 1 aliphatic rings. The highest BCUT2D eigenvalue weighted by atomic mass is 15.1. The van der Waals surface area contributed by atoms with Gasteiger partial charge in [0.1, 0.15) is 5.82 Å². The van der Waals surface area contributed by atoms with E-state index in [1.807, 2.05) is 19.9 Å². The molecule has 0 radical (unpaired) electrons. The first-order chi connectivity index (χ1) is 7.61. The highest BCUT2D eigenvalue weighted by molar-refractivity contribution is 5.42. The second-order valence-electron chi connectivity index (χ2n) is 4.50. The Kier molecular flexibility index (Phi) is 5.26. The zero-order valence-electron chi connectivity index (χ0n) is 10.7. The molecule has 0 spiro atoms. The number of nitrogens with two attached hydrogens (primary N) is 1. The average molecular weight is 221 g/mol. The van der Waals surface area contributed by atoms with Crippen LogP contribution in [-0.4, -0.2) is 30.0 Å². The maximum absolute atomic E-state index is 5.51. The molecule has 0 aromatic carbocycles. The van der Waals surface area contributed by atoms with Crippen LogP contribution in [0.25, 0.3) is 0 Å². The molecule has 0 unspecified atom stereocenters. The summed E-state index contributed by atoms with van der Waals surface area (Å²) < 4.78 is 0. The van der Waals surface area contributed by atoms with E-state index in [2.05, 4.69) is 16.9 Å². The van der Waals surface area contributed by atoms with Crippen LogP contribution in [0.15, 0.2) is 12.3 Å². The van der Waals surface area contributed by atoms with E-state index in [4.69, 9.17) is 5.73 Å². The molecular formula is C13H23N3. The molecule has 90 valence electrons. The van der Waals surface area contributed by atoms with Crippen molar-refractivity contribution in [2.75, 3.05) is 25.9 Å². The van der Waals surface area contributed by atoms with Crippen LogP contribution >= 0.6 is 0 Å². The molecular weight excluding hydrogens is 198 g/mol. The van der Waals surface area contributed by atoms with E-state index in [0.717, 1.165) is 5.56 Å². The summed E-state index contributed by atoms with van der Waals surface area (Å²) in [5, 5.41) is 0. The van der Waals surface area contributed by atoms with Crippen LogP contribution in [0.4, 0.5) is 5.82 Å². The topological polar surface area (TPSA) is 42.2 Å². The van der Waals surface area contributed by atoms with E-state index in [-0.39, 0.29) is 0 Å². The molecule has 1 saturated heterocycles. The third kappa shape index (κ3) is 4.19. The lowest BCUT2D eigenvalue weighted by Crippen LogP contribution is -2.24. The van der Waals surface area contributed by atoms with Crippen molar-refractivity contribution in [3.63, 3.8) is 0 Å². The fraction of sp³-hybridized carbons (Fsp3) is 0.615. The largest absolute Gasteiger partial charge is 0.383 e. The van der Waals surface area contributed by atoms with Gasteiger partial charge in [0.2, 0.25) is 0 Å². The van der Waals surface area contributed by atoms with Crippen molar-refractivity contribution < 1.29 is 0 Å². The van der Waals surface area contributed by atoms with Gasteiger partial charge in [-0.2, -0.15) is 0 Å². The Morgan fingerprint density at radius 3 is 2.19 bits per heavy atom. The zero-order chi connectivity index (χ0) is 12.0. The molecule has 0 saturated carbocycles. The summed E-state index contributed by atoms with van der Waals surface area (Å²) in [5.74, 6) is 0.634. The molecule has 0 aliphatic carbocycles. The van der Waals surface area contributed by atoms with Crippen LogP contribution in [0.2, 0.25) is 0 Å². The standard InChI is InChI=1S/C7H10N2.C6H13N/c1-5-3-4-9-7(8)6(5)2;1-7-5-3-2-4-6-7/h3-4H,1-2H3,(H2,8,9);2-6H2,1H3. The molecule has 0 bridgehead atoms. The Morgan fingerprint density at radius 2 is 1.81 bits per heavy atom. The highest BCUT2D eigenvalue weighted by Gasteiger charge is 2.02. The van der Waals surface area contributed by atoms with Crippen LogP contribution in [-0.2, 0) is 0 Å². The fourth-order valence-electron chi connectivity index (χ4n) is 1.71. The summed E-state index contributed by atoms with van der Waals surface area (Å²) in [6.45, 7) is 6.63. The van der Waals surface area contributed by atoms with Gasteiger partial charge in [-0.25, -0.2) is 4.98 Å². The summed E-state index contributed by atoms with van der Waals surface area (Å²) >= 11 is 0. The van der Waals surface area contributed by atoms with Crippen molar-refractivity contribution in [1.29, 1.82) is 0 Å². The molecule has 2 rings (SSSR count). The van der Waals surface area contributed by atoms with E-state index in [0.29, 0.717) is 5.82 Å². The minimum absolute atomic E-state index is 0.634. The molecule has 1 aromatic heterocycles. The third-order valence-electron chi connectivity index (χ3n) is 3.09. The summed E-state index contributed by atoms with van der Waals surface area (Å²) in [7, 11) is 2.19. The minimum Gasteiger partial charge on any atom is -0.383 e. The number of rotatable bonds is 0. The first-order valence-electron chi connectivity index (χ1n) is 5.97. The van der Waals surface area contributed by atoms with E-state index in [9.17, 15) is 0 Å². The van der Waals surface area contributed by atoms with Crippen LogP contribution in [0.5, 0.6) is 0 Å². The molecule has 0 amide bonds. The number of likely N-dealkylation sites (tertiary alicyclic amines) is 1.